The summed E-state index contributed by atoms with van der Waals surface area (Å²) in [7, 11) is 3.60. The maximum absolute atomic E-state index is 13.8. The third kappa shape index (κ3) is 18.1. The SMILES string of the molecule is CC[C@@H](Nc1ncnc(N)c1-c1ccon1)c1nc2cccc(Cl)c2c(=O)n1C1CC1.CC[C@H](Nc1ncnc(N)c1-c1ccn(C)n1)c1nc2cccc(Cl)c2c(=O)n1C1CC1.CC[C@H](Nc1ncnc(N)c1-c1nc(C)co1)c1nc2cccc(Cl)c2c(=O)n1C1CC1.CC[C@H](Nc1ncnc(N)c1-c1ncn(C)n1)c1nc2cccc(Cl)c2c(=O)n1-c1ccc(C)cc1. The summed E-state index contributed by atoms with van der Waals surface area (Å²) in [5.41, 5.74) is 32.1. The minimum Gasteiger partial charge on any atom is -0.444 e. The minimum absolute atomic E-state index is 0.106. The summed E-state index contributed by atoms with van der Waals surface area (Å²) >= 11 is 25.5. The van der Waals surface area contributed by atoms with Gasteiger partial charge in [0.2, 0.25) is 5.89 Å². The van der Waals surface area contributed by atoms with Crippen molar-refractivity contribution in [3.63, 3.8) is 0 Å². The van der Waals surface area contributed by atoms with Gasteiger partial charge in [-0.3, -0.25) is 46.8 Å². The molecule has 0 spiro atoms. The van der Waals surface area contributed by atoms with Gasteiger partial charge >= 0.3 is 0 Å². The van der Waals surface area contributed by atoms with Gasteiger partial charge in [-0.15, -0.1) is 0 Å². The van der Waals surface area contributed by atoms with Gasteiger partial charge in [-0.05, 0) is 145 Å². The Kier molecular flexibility index (Phi) is 25.3. The molecular weight excluding hydrogens is 1750 g/mol. The molecule has 41 heteroatoms. The lowest BCUT2D eigenvalue weighted by Crippen LogP contribution is -2.29. The smallest absolute Gasteiger partial charge is 0.267 e. The molecule has 20 rings (SSSR count). The van der Waals surface area contributed by atoms with Crippen LogP contribution in [-0.4, -0.2) is 113 Å². The lowest BCUT2D eigenvalue weighted by atomic mass is 10.1. The van der Waals surface area contributed by atoms with E-state index < -0.39 is 6.04 Å². The predicted octanol–water partition coefficient (Wildman–Crippen LogP) is 16.1. The van der Waals surface area contributed by atoms with Crippen LogP contribution >= 0.6 is 46.4 Å². The van der Waals surface area contributed by atoms with E-state index in [0.29, 0.717) is 193 Å². The van der Waals surface area contributed by atoms with Crippen molar-refractivity contribution in [1.82, 2.24) is 113 Å². The van der Waals surface area contributed by atoms with Crippen molar-refractivity contribution in [2.75, 3.05) is 44.2 Å². The Morgan fingerprint density at radius 2 is 0.802 bits per heavy atom. The summed E-state index contributed by atoms with van der Waals surface area (Å²) in [6, 6.07) is 31.5. The van der Waals surface area contributed by atoms with E-state index in [-0.39, 0.29) is 75.9 Å². The number of anilines is 8. The Bertz CT molecular complexity index is 7220. The molecule has 668 valence electrons. The van der Waals surface area contributed by atoms with E-state index in [1.807, 2.05) is 91.2 Å². The number of nitrogen functional groups attached to an aromatic ring is 4. The molecule has 12 heterocycles. The summed E-state index contributed by atoms with van der Waals surface area (Å²) < 4.78 is 20.7. The average molecular weight is 1840 g/mol. The van der Waals surface area contributed by atoms with E-state index in [2.05, 4.69) is 86.5 Å². The van der Waals surface area contributed by atoms with Crippen LogP contribution < -0.4 is 66.4 Å². The molecule has 12 N–H and O–H groups in total. The van der Waals surface area contributed by atoms with Crippen molar-refractivity contribution in [1.29, 1.82) is 0 Å². The zero-order valence-electron chi connectivity index (χ0n) is 72.2. The number of halogens is 4. The van der Waals surface area contributed by atoms with Crippen molar-refractivity contribution in [2.45, 2.75) is 148 Å². The van der Waals surface area contributed by atoms with Gasteiger partial charge in [0.1, 0.15) is 131 Å². The van der Waals surface area contributed by atoms with E-state index in [0.717, 1.165) is 49.8 Å². The highest BCUT2D eigenvalue weighted by atomic mass is 35.5. The molecule has 0 amide bonds. The number of hydrogen-bond acceptors (Lipinski definition) is 31. The van der Waals surface area contributed by atoms with Crippen LogP contribution in [0.25, 0.3) is 94.7 Å². The number of rotatable bonds is 24. The molecule has 3 fully saturated rings. The number of aryl methyl sites for hydroxylation is 4. The van der Waals surface area contributed by atoms with Gasteiger partial charge in [-0.25, -0.2) is 69.8 Å². The molecule has 5 aromatic carbocycles. The maximum Gasteiger partial charge on any atom is 0.267 e. The fraction of sp³-hybridized carbons (Fsp3) is 0.278. The molecule has 0 unspecified atom stereocenters. The molecule has 4 atom stereocenters. The van der Waals surface area contributed by atoms with Gasteiger partial charge in [-0.1, -0.05) is 121 Å². The first kappa shape index (κ1) is 88.3. The molecular formula is C90H89Cl4N31O6. The van der Waals surface area contributed by atoms with Crippen LogP contribution in [0.2, 0.25) is 20.1 Å². The van der Waals surface area contributed by atoms with E-state index in [1.54, 1.807) is 120 Å². The summed E-state index contributed by atoms with van der Waals surface area (Å²) in [6.07, 6.45) is 20.2. The van der Waals surface area contributed by atoms with Crippen molar-refractivity contribution < 1.29 is 8.94 Å². The second-order valence-electron chi connectivity index (χ2n) is 31.8. The Morgan fingerprint density at radius 3 is 1.17 bits per heavy atom. The molecule has 3 aliphatic carbocycles. The van der Waals surface area contributed by atoms with E-state index >= 15 is 0 Å². The highest BCUT2D eigenvalue weighted by Gasteiger charge is 2.37. The maximum atomic E-state index is 13.8. The second-order valence-corrected chi connectivity index (χ2v) is 33.4. The molecule has 0 bridgehead atoms. The first-order valence-electron chi connectivity index (χ1n) is 42.5. The number of nitrogens with zero attached hydrogens (tertiary/aromatic N) is 23. The monoisotopic (exact) mass is 1840 g/mol. The lowest BCUT2D eigenvalue weighted by molar-refractivity contribution is 0.422. The molecule has 0 radical (unpaired) electrons. The van der Waals surface area contributed by atoms with Crippen LogP contribution in [0.4, 0.5) is 46.5 Å². The van der Waals surface area contributed by atoms with Crippen molar-refractivity contribution in [3.8, 4) is 51.0 Å². The minimum atomic E-state index is -0.417. The largest absolute Gasteiger partial charge is 0.444 e. The Labute approximate surface area is 766 Å². The van der Waals surface area contributed by atoms with Crippen LogP contribution in [0.5, 0.6) is 0 Å². The molecule has 3 aliphatic rings. The predicted molar refractivity (Wildman–Crippen MR) is 505 cm³/mol. The van der Waals surface area contributed by atoms with Crippen LogP contribution in [-0.2, 0) is 14.1 Å². The molecule has 3 saturated carbocycles. The number of hydrogen-bond donors (Lipinski definition) is 8. The normalized spacial score (nSPS) is 13.9. The molecule has 37 nitrogen and oxygen atoms in total. The summed E-state index contributed by atoms with van der Waals surface area (Å²) in [4.78, 5) is 116. The highest BCUT2D eigenvalue weighted by molar-refractivity contribution is 6.36. The topological polar surface area (TPSA) is 495 Å². The van der Waals surface area contributed by atoms with E-state index in [9.17, 15) is 19.2 Å². The molecule has 0 aliphatic heterocycles. The summed E-state index contributed by atoms with van der Waals surface area (Å²) in [5, 5.41) is 29.8. The Balaban J connectivity index is 0.000000122. The van der Waals surface area contributed by atoms with Gasteiger partial charge < -0.3 is 53.1 Å². The van der Waals surface area contributed by atoms with Gasteiger partial charge in [0, 0.05) is 44.5 Å². The van der Waals surface area contributed by atoms with Gasteiger partial charge in [0.25, 0.3) is 22.2 Å². The third-order valence-electron chi connectivity index (χ3n) is 22.6. The van der Waals surface area contributed by atoms with Crippen molar-refractivity contribution in [3.05, 3.63) is 256 Å². The molecule has 12 aromatic heterocycles. The van der Waals surface area contributed by atoms with Crippen LogP contribution in [0, 0.1) is 13.8 Å². The number of aromatic nitrogens is 23. The zero-order valence-corrected chi connectivity index (χ0v) is 75.2. The summed E-state index contributed by atoms with van der Waals surface area (Å²) in [6.45, 7) is 11.9. The average Bonchev–Trinajstić information content (AvgIpc) is 1.51. The van der Waals surface area contributed by atoms with Gasteiger partial charge in [-0.2, -0.15) is 10.2 Å². The number of nitrogens with one attached hydrogen (secondary N) is 4. The van der Waals surface area contributed by atoms with Crippen LogP contribution in [0.1, 0.15) is 169 Å². The number of oxazole rings is 1. The fourth-order valence-corrected chi connectivity index (χ4v) is 16.7. The summed E-state index contributed by atoms with van der Waals surface area (Å²) in [5.74, 6) is 6.23. The van der Waals surface area contributed by atoms with E-state index in [4.69, 9.17) is 98.2 Å². The first-order chi connectivity index (χ1) is 63.4. The van der Waals surface area contributed by atoms with Gasteiger partial charge in [0.15, 0.2) is 5.82 Å². The fourth-order valence-electron chi connectivity index (χ4n) is 15.7. The quantitative estimate of drug-likeness (QED) is 0.0278. The molecule has 0 saturated heterocycles. The van der Waals surface area contributed by atoms with E-state index in [1.165, 1.54) is 31.6 Å². The highest BCUT2D eigenvalue weighted by Crippen LogP contribution is 2.44. The first-order valence-corrected chi connectivity index (χ1v) is 44.0. The van der Waals surface area contributed by atoms with Crippen LogP contribution in [0.15, 0.2) is 188 Å². The molecule has 131 heavy (non-hydrogen) atoms. The number of fused-ring (bicyclic) bond motifs is 4. The Morgan fingerprint density at radius 1 is 0.420 bits per heavy atom. The second kappa shape index (κ2) is 37.6. The zero-order chi connectivity index (χ0) is 91.7. The van der Waals surface area contributed by atoms with Crippen molar-refractivity contribution >= 4 is 137 Å². The Hall–Kier alpha value is -14.7. The van der Waals surface area contributed by atoms with Gasteiger partial charge in [0.05, 0.1) is 116 Å². The number of nitrogens with two attached hydrogens (primary N) is 4. The van der Waals surface area contributed by atoms with Crippen LogP contribution in [0.3, 0.4) is 0 Å². The number of benzene rings is 5. The molecule has 17 aromatic rings. The standard InChI is InChI=1S/C25H24ClN9O.C22H23ClN8O.C22H22ClN7O2.C21H20ClN7O2/c1-4-17(31-22-20(21(27)28-12-29-22)23-30-13-34(3)33-23)24-32-18-7-5-6-16(26)19(18)25(36)35(24)15-10-8-14(2)9-11-15;1-3-14(27-20-18(19(24)25-11-26-20)16-9-10-30(2)29-16)21-28-15-6-4-5-13(23)17(15)22(32)31(21)12-7-8-12;1-3-14(28-19-17(18(24)25-10-26-19)21-27-11(2)9-32-21)20-29-15-6-4-5-13(23)16(15)22(31)30(20)12-7-8-12;1-2-13(26-19-17(15-8-9-31-28-15)18(23)24-10-25-19)20-27-14-5-3-4-12(22)16(14)21(30)29(20)11-6-7-11/h5-13,17H,4H2,1-3H3,(H3,27,28,29,31);4-6,9-12,14H,3,7-8H2,1-2H3,(H3,24,25,26,27);4-6,9-10,12,14H,3,7-8H2,1-2H3,(H3,24,25,26,28);3-5,8-11,13H,2,6-7H2,1H3,(H3,23,24,25,26)/t17-;2*14-;13-/m0001/s1. The third-order valence-corrected chi connectivity index (χ3v) is 23.8. The van der Waals surface area contributed by atoms with Crippen molar-refractivity contribution in [2.24, 2.45) is 14.1 Å². The lowest BCUT2D eigenvalue weighted by Gasteiger charge is -2.23.